The third-order valence-corrected chi connectivity index (χ3v) is 3.75. The van der Waals surface area contributed by atoms with E-state index in [0.717, 1.165) is 0 Å². The van der Waals surface area contributed by atoms with Gasteiger partial charge in [-0.2, -0.15) is 0 Å². The highest BCUT2D eigenvalue weighted by Gasteiger charge is 2.12. The number of hydrogen-bond acceptors (Lipinski definition) is 4. The number of nitrogens with one attached hydrogen (secondary N) is 2. The van der Waals surface area contributed by atoms with Gasteiger partial charge in [0.1, 0.15) is 0 Å². The Morgan fingerprint density at radius 2 is 1.59 bits per heavy atom. The lowest BCUT2D eigenvalue weighted by Gasteiger charge is -2.12. The smallest absolute Gasteiger partial charge is 0.255 e. The van der Waals surface area contributed by atoms with Gasteiger partial charge in [-0.3, -0.25) is 9.59 Å². The Morgan fingerprint density at radius 1 is 0.963 bits per heavy atom. The topological polar surface area (TPSA) is 76.7 Å². The van der Waals surface area contributed by atoms with Crippen LogP contribution in [0.1, 0.15) is 37.6 Å². The van der Waals surface area contributed by atoms with Gasteiger partial charge in [0.15, 0.2) is 11.5 Å². The number of benzene rings is 2. The van der Waals surface area contributed by atoms with Crippen molar-refractivity contribution in [3.05, 3.63) is 48.0 Å². The summed E-state index contributed by atoms with van der Waals surface area (Å²) < 4.78 is 10.7. The van der Waals surface area contributed by atoms with Crippen LogP contribution in [-0.2, 0) is 4.79 Å². The summed E-state index contributed by atoms with van der Waals surface area (Å²) in [5.41, 5.74) is 1.80. The first-order valence-corrected chi connectivity index (χ1v) is 8.95. The van der Waals surface area contributed by atoms with E-state index in [2.05, 4.69) is 10.6 Å². The normalized spacial score (nSPS) is 10.4. The molecule has 6 nitrogen and oxygen atoms in total. The van der Waals surface area contributed by atoms with Gasteiger partial charge in [-0.1, -0.05) is 13.8 Å². The van der Waals surface area contributed by atoms with Gasteiger partial charge in [-0.25, -0.2) is 0 Å². The Kier molecular flexibility index (Phi) is 7.23. The van der Waals surface area contributed by atoms with E-state index >= 15 is 0 Å². The molecule has 2 N–H and O–H groups in total. The number of carbonyl (C=O) groups is 2. The second-order valence-electron chi connectivity index (χ2n) is 6.48. The van der Waals surface area contributed by atoms with Crippen LogP contribution >= 0.6 is 0 Å². The van der Waals surface area contributed by atoms with Gasteiger partial charge in [0.2, 0.25) is 5.91 Å². The maximum atomic E-state index is 12.5. The van der Waals surface area contributed by atoms with Crippen LogP contribution in [-0.4, -0.2) is 25.5 Å². The quantitative estimate of drug-likeness (QED) is 0.725. The van der Waals surface area contributed by atoms with E-state index < -0.39 is 0 Å². The Morgan fingerprint density at radius 3 is 2.15 bits per heavy atom. The third-order valence-electron chi connectivity index (χ3n) is 3.75. The average molecular weight is 370 g/mol. The van der Waals surface area contributed by atoms with Crippen LogP contribution in [0.5, 0.6) is 11.5 Å². The van der Waals surface area contributed by atoms with Crippen LogP contribution in [0, 0.1) is 5.92 Å². The Balaban J connectivity index is 2.03. The van der Waals surface area contributed by atoms with Crippen LogP contribution in [0.25, 0.3) is 0 Å². The van der Waals surface area contributed by atoms with E-state index in [1.165, 1.54) is 0 Å². The Bertz CT molecular complexity index is 785. The molecule has 0 atom stereocenters. The van der Waals surface area contributed by atoms with Gasteiger partial charge in [0, 0.05) is 23.4 Å². The molecule has 2 aromatic rings. The molecule has 0 heterocycles. The van der Waals surface area contributed by atoms with Crippen LogP contribution in [0.3, 0.4) is 0 Å². The summed E-state index contributed by atoms with van der Waals surface area (Å²) in [6.45, 7) is 6.34. The molecule has 27 heavy (non-hydrogen) atoms. The van der Waals surface area contributed by atoms with E-state index in [1.807, 2.05) is 20.8 Å². The molecule has 0 aromatic heterocycles. The Labute approximate surface area is 159 Å². The second kappa shape index (κ2) is 9.62. The van der Waals surface area contributed by atoms with Crippen molar-refractivity contribution in [2.24, 2.45) is 5.92 Å². The summed E-state index contributed by atoms with van der Waals surface area (Å²) in [6, 6.07) is 12.0. The number of methoxy groups -OCH3 is 1. The molecule has 0 aliphatic carbocycles. The maximum Gasteiger partial charge on any atom is 0.255 e. The molecule has 0 saturated heterocycles. The van der Waals surface area contributed by atoms with Crippen molar-refractivity contribution in [1.29, 1.82) is 0 Å². The molecular weight excluding hydrogens is 344 g/mol. The molecule has 0 aliphatic rings. The van der Waals surface area contributed by atoms with E-state index in [4.69, 9.17) is 9.47 Å². The van der Waals surface area contributed by atoms with Gasteiger partial charge >= 0.3 is 0 Å². The largest absolute Gasteiger partial charge is 0.493 e. The van der Waals surface area contributed by atoms with Gasteiger partial charge in [-0.15, -0.1) is 0 Å². The molecule has 144 valence electrons. The third kappa shape index (κ3) is 6.02. The van der Waals surface area contributed by atoms with Gasteiger partial charge in [-0.05, 0) is 55.3 Å². The minimum absolute atomic E-state index is 0.0246. The number of ether oxygens (including phenoxy) is 2. The Hall–Kier alpha value is -3.02. The second-order valence-corrected chi connectivity index (χ2v) is 6.48. The first-order valence-electron chi connectivity index (χ1n) is 8.95. The minimum atomic E-state index is -0.254. The zero-order valence-corrected chi connectivity index (χ0v) is 16.2. The number of rotatable bonds is 8. The van der Waals surface area contributed by atoms with Crippen molar-refractivity contribution in [1.82, 2.24) is 0 Å². The molecule has 0 saturated carbocycles. The molecule has 0 bridgehead atoms. The fourth-order valence-electron chi connectivity index (χ4n) is 2.51. The SMILES string of the molecule is CCOc1cc(C(=O)Nc2ccc(NC(=O)CC(C)C)cc2)ccc1OC. The lowest BCUT2D eigenvalue weighted by atomic mass is 10.1. The van der Waals surface area contributed by atoms with Crippen LogP contribution in [0.15, 0.2) is 42.5 Å². The molecule has 0 fully saturated rings. The average Bonchev–Trinajstić information content (AvgIpc) is 2.63. The van der Waals surface area contributed by atoms with E-state index in [-0.39, 0.29) is 11.8 Å². The van der Waals surface area contributed by atoms with Gasteiger partial charge in [0.05, 0.1) is 13.7 Å². The van der Waals surface area contributed by atoms with Crippen molar-refractivity contribution in [2.75, 3.05) is 24.4 Å². The summed E-state index contributed by atoms with van der Waals surface area (Å²) in [5.74, 6) is 1.12. The first-order chi connectivity index (χ1) is 12.9. The van der Waals surface area contributed by atoms with Crippen molar-refractivity contribution >= 4 is 23.2 Å². The summed E-state index contributed by atoms with van der Waals surface area (Å²) in [4.78, 5) is 24.3. The van der Waals surface area contributed by atoms with Gasteiger partial charge < -0.3 is 20.1 Å². The zero-order chi connectivity index (χ0) is 19.8. The molecule has 2 aromatic carbocycles. The lowest BCUT2D eigenvalue weighted by Crippen LogP contribution is -2.14. The predicted molar refractivity (Wildman–Crippen MR) is 107 cm³/mol. The highest BCUT2D eigenvalue weighted by Crippen LogP contribution is 2.28. The highest BCUT2D eigenvalue weighted by atomic mass is 16.5. The van der Waals surface area contributed by atoms with E-state index in [9.17, 15) is 9.59 Å². The molecule has 6 heteroatoms. The monoisotopic (exact) mass is 370 g/mol. The van der Waals surface area contributed by atoms with Gasteiger partial charge in [0.25, 0.3) is 5.91 Å². The fraction of sp³-hybridized carbons (Fsp3) is 0.333. The molecule has 2 amide bonds. The summed E-state index contributed by atoms with van der Waals surface area (Å²) in [5, 5.41) is 5.67. The van der Waals surface area contributed by atoms with Crippen molar-refractivity contribution in [2.45, 2.75) is 27.2 Å². The van der Waals surface area contributed by atoms with Crippen molar-refractivity contribution in [3.63, 3.8) is 0 Å². The standard InChI is InChI=1S/C21H26N2O4/c1-5-27-19-13-15(6-11-18(19)26-4)21(25)23-17-9-7-16(8-10-17)22-20(24)12-14(2)3/h6-11,13-14H,5,12H2,1-4H3,(H,22,24)(H,23,25). The molecule has 0 unspecified atom stereocenters. The van der Waals surface area contributed by atoms with Crippen LogP contribution < -0.4 is 20.1 Å². The summed E-state index contributed by atoms with van der Waals surface area (Å²) >= 11 is 0. The predicted octanol–water partition coefficient (Wildman–Crippen LogP) is 4.33. The van der Waals surface area contributed by atoms with Crippen LogP contribution in [0.4, 0.5) is 11.4 Å². The fourth-order valence-corrected chi connectivity index (χ4v) is 2.51. The van der Waals surface area contributed by atoms with Crippen molar-refractivity contribution < 1.29 is 19.1 Å². The molecule has 2 rings (SSSR count). The number of amides is 2. The van der Waals surface area contributed by atoms with Crippen molar-refractivity contribution in [3.8, 4) is 11.5 Å². The van der Waals surface area contributed by atoms with Crippen LogP contribution in [0.2, 0.25) is 0 Å². The maximum absolute atomic E-state index is 12.5. The van der Waals surface area contributed by atoms with E-state index in [0.29, 0.717) is 47.4 Å². The summed E-state index contributed by atoms with van der Waals surface area (Å²) in [7, 11) is 1.55. The minimum Gasteiger partial charge on any atom is -0.493 e. The first kappa shape index (κ1) is 20.3. The number of carbonyl (C=O) groups excluding carboxylic acids is 2. The number of anilines is 2. The lowest BCUT2D eigenvalue weighted by molar-refractivity contribution is -0.116. The molecule has 0 spiro atoms. The number of hydrogen-bond donors (Lipinski definition) is 2. The highest BCUT2D eigenvalue weighted by molar-refractivity contribution is 6.04. The zero-order valence-electron chi connectivity index (χ0n) is 16.2. The molecule has 0 aliphatic heterocycles. The van der Waals surface area contributed by atoms with E-state index in [1.54, 1.807) is 49.6 Å². The summed E-state index contributed by atoms with van der Waals surface area (Å²) in [6.07, 6.45) is 0.470. The molecular formula is C21H26N2O4. The molecule has 0 radical (unpaired) electrons.